The fourth-order valence-electron chi connectivity index (χ4n) is 4.79. The van der Waals surface area contributed by atoms with Gasteiger partial charge in [-0.2, -0.15) is 0 Å². The summed E-state index contributed by atoms with van der Waals surface area (Å²) < 4.78 is 18.6. The molecule has 2 N–H and O–H groups in total. The third-order valence-electron chi connectivity index (χ3n) is 6.79. The van der Waals surface area contributed by atoms with Crippen LogP contribution < -0.4 is 10.1 Å². The van der Waals surface area contributed by atoms with E-state index in [1.165, 1.54) is 12.1 Å². The van der Waals surface area contributed by atoms with Gasteiger partial charge in [0, 0.05) is 35.6 Å². The molecule has 0 radical (unpaired) electrons. The van der Waals surface area contributed by atoms with E-state index in [-0.39, 0.29) is 29.0 Å². The average molecular weight is 456 g/mol. The summed E-state index contributed by atoms with van der Waals surface area (Å²) in [4.78, 5) is 30.6. The smallest absolute Gasteiger partial charge is 0.270 e. The number of carbonyl (C=O) groups excluding carboxylic acids is 2. The van der Waals surface area contributed by atoms with Crippen molar-refractivity contribution < 1.29 is 18.7 Å². The zero-order chi connectivity index (χ0) is 22.5. The molecule has 166 valence electrons. The van der Waals surface area contributed by atoms with E-state index in [0.717, 1.165) is 24.8 Å². The van der Waals surface area contributed by atoms with Crippen LogP contribution in [0.1, 0.15) is 29.8 Å². The maximum absolute atomic E-state index is 13.4. The molecule has 0 bridgehead atoms. The quantitative estimate of drug-likeness (QED) is 0.590. The summed E-state index contributed by atoms with van der Waals surface area (Å²) in [6.45, 7) is 1.20. The third kappa shape index (κ3) is 3.71. The maximum atomic E-state index is 13.4. The molecule has 2 aliphatic rings. The predicted octanol–water partition coefficient (Wildman–Crippen LogP) is 4.85. The van der Waals surface area contributed by atoms with Gasteiger partial charge < -0.3 is 19.9 Å². The number of anilines is 1. The molecule has 1 aliphatic carbocycles. The van der Waals surface area contributed by atoms with Gasteiger partial charge in [0.25, 0.3) is 5.91 Å². The van der Waals surface area contributed by atoms with Crippen molar-refractivity contribution >= 4 is 40.0 Å². The number of hydrogen-bond donors (Lipinski definition) is 2. The molecule has 2 aromatic carbocycles. The van der Waals surface area contributed by atoms with Crippen LogP contribution in [-0.4, -0.2) is 41.9 Å². The molecule has 1 aromatic heterocycles. The number of rotatable bonds is 4. The number of piperidine rings is 1. The largest absolute Gasteiger partial charge is 0.495 e. The number of aromatic nitrogens is 1. The second-order valence-corrected chi connectivity index (χ2v) is 9.07. The van der Waals surface area contributed by atoms with Crippen molar-refractivity contribution in [2.24, 2.45) is 11.3 Å². The first-order valence-electron chi connectivity index (χ1n) is 10.6. The number of hydrogen-bond acceptors (Lipinski definition) is 3. The number of aromatic amines is 1. The number of benzene rings is 2. The van der Waals surface area contributed by atoms with E-state index in [4.69, 9.17) is 16.3 Å². The van der Waals surface area contributed by atoms with Gasteiger partial charge in [0.05, 0.1) is 12.1 Å². The van der Waals surface area contributed by atoms with Crippen LogP contribution in [0.25, 0.3) is 10.9 Å². The van der Waals surface area contributed by atoms with Gasteiger partial charge in [0.1, 0.15) is 17.3 Å². The van der Waals surface area contributed by atoms with E-state index in [2.05, 4.69) is 10.3 Å². The molecule has 3 aromatic rings. The van der Waals surface area contributed by atoms with Crippen LogP contribution in [0.15, 0.2) is 42.5 Å². The lowest BCUT2D eigenvalue weighted by atomic mass is 9.90. The SMILES string of the molecule is COc1ccc(NC(=O)[C@H]2CC23CCN(C(=O)c2cc4cc(F)ccc4[nH]2)CC3)cc1Cl. The van der Waals surface area contributed by atoms with Crippen molar-refractivity contribution in [3.8, 4) is 5.75 Å². The molecule has 8 heteroatoms. The Balaban J connectivity index is 1.19. The van der Waals surface area contributed by atoms with Crippen molar-refractivity contribution in [1.29, 1.82) is 0 Å². The number of ether oxygens (including phenoxy) is 1. The van der Waals surface area contributed by atoms with Gasteiger partial charge in [-0.1, -0.05) is 11.6 Å². The molecule has 1 saturated heterocycles. The Hall–Kier alpha value is -3.06. The molecule has 2 fully saturated rings. The van der Waals surface area contributed by atoms with Crippen LogP contribution in [0, 0.1) is 17.2 Å². The molecule has 1 spiro atoms. The third-order valence-corrected chi connectivity index (χ3v) is 7.08. The lowest BCUT2D eigenvalue weighted by Crippen LogP contribution is -2.40. The highest BCUT2D eigenvalue weighted by atomic mass is 35.5. The molecule has 0 unspecified atom stereocenters. The maximum Gasteiger partial charge on any atom is 0.270 e. The van der Waals surface area contributed by atoms with Crippen molar-refractivity contribution in [1.82, 2.24) is 9.88 Å². The summed E-state index contributed by atoms with van der Waals surface area (Å²) in [5.41, 5.74) is 1.80. The average Bonchev–Trinajstić information content (AvgIpc) is 3.31. The molecule has 5 rings (SSSR count). The number of amides is 2. The van der Waals surface area contributed by atoms with Crippen molar-refractivity contribution in [2.45, 2.75) is 19.3 Å². The Morgan fingerprint density at radius 3 is 2.69 bits per heavy atom. The number of methoxy groups -OCH3 is 1. The molecule has 2 heterocycles. The molecule has 1 saturated carbocycles. The molecule has 6 nitrogen and oxygen atoms in total. The minimum atomic E-state index is -0.328. The van der Waals surface area contributed by atoms with Crippen LogP contribution in [0.5, 0.6) is 5.75 Å². The molecular weight excluding hydrogens is 433 g/mol. The van der Waals surface area contributed by atoms with Crippen molar-refractivity contribution in [2.75, 3.05) is 25.5 Å². The van der Waals surface area contributed by atoms with Gasteiger partial charge in [-0.25, -0.2) is 4.39 Å². The molecule has 1 aliphatic heterocycles. The first-order chi connectivity index (χ1) is 15.4. The van der Waals surface area contributed by atoms with E-state index in [1.807, 2.05) is 4.90 Å². The number of likely N-dealkylation sites (tertiary alicyclic amines) is 1. The van der Waals surface area contributed by atoms with Crippen LogP contribution in [0.3, 0.4) is 0 Å². The summed E-state index contributed by atoms with van der Waals surface area (Å²) in [6, 6.07) is 11.3. The van der Waals surface area contributed by atoms with Gasteiger partial charge >= 0.3 is 0 Å². The van der Waals surface area contributed by atoms with Gasteiger partial charge in [0.2, 0.25) is 5.91 Å². The Morgan fingerprint density at radius 2 is 1.97 bits per heavy atom. The van der Waals surface area contributed by atoms with E-state index < -0.39 is 0 Å². The summed E-state index contributed by atoms with van der Waals surface area (Å²) in [7, 11) is 1.54. The number of H-pyrrole nitrogens is 1. The summed E-state index contributed by atoms with van der Waals surface area (Å²) in [5.74, 6) is 0.0707. The first-order valence-corrected chi connectivity index (χ1v) is 11.0. The standard InChI is InChI=1S/C24H23ClFN3O3/c1-32-21-5-3-16(12-18(21)25)27-22(30)17-13-24(17)6-8-29(9-7-24)23(31)20-11-14-10-15(26)2-4-19(14)28-20/h2-5,10-12,17,28H,6-9,13H2,1H3,(H,27,30)/t17-/m1/s1. The fourth-order valence-corrected chi connectivity index (χ4v) is 5.05. The van der Waals surface area contributed by atoms with E-state index in [1.54, 1.807) is 37.4 Å². The predicted molar refractivity (Wildman–Crippen MR) is 121 cm³/mol. The van der Waals surface area contributed by atoms with E-state index in [9.17, 15) is 14.0 Å². The van der Waals surface area contributed by atoms with Gasteiger partial charge in [-0.05, 0) is 67.1 Å². The Bertz CT molecular complexity index is 1220. The zero-order valence-corrected chi connectivity index (χ0v) is 18.3. The molecular formula is C24H23ClFN3O3. The highest BCUT2D eigenvalue weighted by Crippen LogP contribution is 2.59. The number of halogens is 2. The second-order valence-electron chi connectivity index (χ2n) is 8.66. The normalized spacial score (nSPS) is 19.2. The van der Waals surface area contributed by atoms with Crippen molar-refractivity contribution in [3.63, 3.8) is 0 Å². The molecule has 2 amide bonds. The number of nitrogens with one attached hydrogen (secondary N) is 2. The zero-order valence-electron chi connectivity index (χ0n) is 17.6. The highest BCUT2D eigenvalue weighted by Gasteiger charge is 2.58. The van der Waals surface area contributed by atoms with Crippen LogP contribution in [0.2, 0.25) is 5.02 Å². The Labute approximate surface area is 189 Å². The first kappa shape index (κ1) is 20.8. The summed E-state index contributed by atoms with van der Waals surface area (Å²) in [6.07, 6.45) is 2.40. The number of fused-ring (bicyclic) bond motifs is 1. The topological polar surface area (TPSA) is 74.4 Å². The lowest BCUT2D eigenvalue weighted by molar-refractivity contribution is -0.118. The fraction of sp³-hybridized carbons (Fsp3) is 0.333. The van der Waals surface area contributed by atoms with Gasteiger partial charge in [0.15, 0.2) is 0 Å². The monoisotopic (exact) mass is 455 g/mol. The van der Waals surface area contributed by atoms with Crippen LogP contribution >= 0.6 is 11.6 Å². The summed E-state index contributed by atoms with van der Waals surface area (Å²) in [5, 5.41) is 4.08. The van der Waals surface area contributed by atoms with Crippen molar-refractivity contribution in [3.05, 3.63) is 59.0 Å². The number of nitrogens with zero attached hydrogens (tertiary/aromatic N) is 1. The van der Waals surface area contributed by atoms with E-state index in [0.29, 0.717) is 40.6 Å². The summed E-state index contributed by atoms with van der Waals surface area (Å²) >= 11 is 6.15. The number of carbonyl (C=O) groups is 2. The second kappa shape index (κ2) is 7.81. The molecule has 1 atom stereocenters. The lowest BCUT2D eigenvalue weighted by Gasteiger charge is -2.32. The highest BCUT2D eigenvalue weighted by molar-refractivity contribution is 6.32. The Morgan fingerprint density at radius 1 is 1.19 bits per heavy atom. The minimum absolute atomic E-state index is 0.0105. The Kier molecular flexibility index (Phi) is 5.08. The minimum Gasteiger partial charge on any atom is -0.495 e. The van der Waals surface area contributed by atoms with Crippen LogP contribution in [0.4, 0.5) is 10.1 Å². The molecule has 32 heavy (non-hydrogen) atoms. The van der Waals surface area contributed by atoms with Gasteiger partial charge in [-0.15, -0.1) is 0 Å². The van der Waals surface area contributed by atoms with E-state index >= 15 is 0 Å². The van der Waals surface area contributed by atoms with Crippen LogP contribution in [-0.2, 0) is 4.79 Å². The van der Waals surface area contributed by atoms with Gasteiger partial charge in [-0.3, -0.25) is 9.59 Å².